The maximum absolute atomic E-state index is 12.4. The molecule has 0 radical (unpaired) electrons. The van der Waals surface area contributed by atoms with Crippen LogP contribution in [-0.4, -0.2) is 66.7 Å². The summed E-state index contributed by atoms with van der Waals surface area (Å²) in [5, 5.41) is 12.0. The van der Waals surface area contributed by atoms with Crippen LogP contribution < -0.4 is 5.32 Å². The van der Waals surface area contributed by atoms with E-state index in [2.05, 4.69) is 5.32 Å². The molecule has 6 heteroatoms. The highest BCUT2D eigenvalue weighted by atomic mass is 16.6. The number of fused-ring (bicyclic) bond motifs is 2. The van der Waals surface area contributed by atoms with Crippen LogP contribution in [0.5, 0.6) is 0 Å². The fraction of sp³-hybridized carbons (Fsp3) is 0.938. The standard InChI is InChI=1S/C16H30N2O4/c1-16(2,3)22-15(20)18-13-4-5-14(18)12(10-13)11-17-6-8-21-9-7-19/h12-14,17,19H,4-11H2,1-3H3. The number of hydrogen-bond donors (Lipinski definition) is 2. The lowest BCUT2D eigenvalue weighted by molar-refractivity contribution is 0.0205. The average molecular weight is 314 g/mol. The highest BCUT2D eigenvalue weighted by Crippen LogP contribution is 2.42. The Hall–Kier alpha value is -0.850. The summed E-state index contributed by atoms with van der Waals surface area (Å²) >= 11 is 0. The van der Waals surface area contributed by atoms with Crippen molar-refractivity contribution >= 4 is 6.09 Å². The first-order chi connectivity index (χ1) is 10.4. The Bertz CT molecular complexity index is 370. The van der Waals surface area contributed by atoms with Crippen molar-refractivity contribution in [1.29, 1.82) is 0 Å². The van der Waals surface area contributed by atoms with E-state index in [1.54, 1.807) is 0 Å². The number of amides is 1. The van der Waals surface area contributed by atoms with Crippen molar-refractivity contribution in [3.05, 3.63) is 0 Å². The fourth-order valence-electron chi connectivity index (χ4n) is 3.53. The van der Waals surface area contributed by atoms with Gasteiger partial charge in [0, 0.05) is 25.2 Å². The Morgan fingerprint density at radius 3 is 2.77 bits per heavy atom. The first kappa shape index (κ1) is 17.5. The van der Waals surface area contributed by atoms with E-state index in [1.165, 1.54) is 0 Å². The van der Waals surface area contributed by atoms with Crippen molar-refractivity contribution < 1.29 is 19.4 Å². The molecule has 128 valence electrons. The van der Waals surface area contributed by atoms with E-state index in [0.717, 1.165) is 32.4 Å². The second-order valence-corrected chi connectivity index (χ2v) is 7.22. The van der Waals surface area contributed by atoms with Gasteiger partial charge in [0.15, 0.2) is 0 Å². The predicted octanol–water partition coefficient (Wildman–Crippen LogP) is 1.37. The van der Waals surface area contributed by atoms with E-state index in [-0.39, 0.29) is 12.7 Å². The molecule has 3 atom stereocenters. The Balaban J connectivity index is 1.74. The van der Waals surface area contributed by atoms with Crippen molar-refractivity contribution in [2.45, 2.75) is 57.7 Å². The number of ether oxygens (including phenoxy) is 2. The van der Waals surface area contributed by atoms with Crippen LogP contribution in [0.1, 0.15) is 40.0 Å². The Kier molecular flexibility index (Phi) is 6.06. The number of rotatable bonds is 7. The summed E-state index contributed by atoms with van der Waals surface area (Å²) in [5.41, 5.74) is -0.434. The van der Waals surface area contributed by atoms with Crippen LogP contribution >= 0.6 is 0 Å². The predicted molar refractivity (Wildman–Crippen MR) is 83.8 cm³/mol. The van der Waals surface area contributed by atoms with Crippen LogP contribution in [0.3, 0.4) is 0 Å². The van der Waals surface area contributed by atoms with E-state index in [4.69, 9.17) is 14.6 Å². The van der Waals surface area contributed by atoms with Gasteiger partial charge in [-0.1, -0.05) is 0 Å². The van der Waals surface area contributed by atoms with Crippen LogP contribution in [0.25, 0.3) is 0 Å². The molecule has 2 aliphatic rings. The minimum absolute atomic E-state index is 0.0667. The van der Waals surface area contributed by atoms with E-state index in [9.17, 15) is 4.79 Å². The summed E-state index contributed by atoms with van der Waals surface area (Å²) in [7, 11) is 0. The molecule has 0 saturated carbocycles. The zero-order chi connectivity index (χ0) is 16.2. The SMILES string of the molecule is CC(C)(C)OC(=O)N1C2CCC1C(CNCCOCCO)C2. The number of nitrogens with zero attached hydrogens (tertiary/aromatic N) is 1. The van der Waals surface area contributed by atoms with Crippen LogP contribution in [0.4, 0.5) is 4.79 Å². The van der Waals surface area contributed by atoms with Gasteiger partial charge in [-0.25, -0.2) is 4.79 Å². The molecule has 0 spiro atoms. The number of carbonyl (C=O) groups excluding carboxylic acids is 1. The number of carbonyl (C=O) groups is 1. The van der Waals surface area contributed by atoms with Crippen molar-refractivity contribution in [3.8, 4) is 0 Å². The molecule has 1 amide bonds. The zero-order valence-electron chi connectivity index (χ0n) is 14.0. The van der Waals surface area contributed by atoms with Crippen molar-refractivity contribution in [3.63, 3.8) is 0 Å². The van der Waals surface area contributed by atoms with Gasteiger partial charge in [0.25, 0.3) is 0 Å². The van der Waals surface area contributed by atoms with Crippen molar-refractivity contribution in [2.75, 3.05) is 32.9 Å². The second kappa shape index (κ2) is 7.62. The van der Waals surface area contributed by atoms with Gasteiger partial charge in [-0.2, -0.15) is 0 Å². The quantitative estimate of drug-likeness (QED) is 0.695. The fourth-order valence-corrected chi connectivity index (χ4v) is 3.53. The molecule has 2 aliphatic heterocycles. The number of aliphatic hydroxyl groups is 1. The van der Waals surface area contributed by atoms with Gasteiger partial charge in [0.05, 0.1) is 19.8 Å². The zero-order valence-corrected chi connectivity index (χ0v) is 14.0. The first-order valence-corrected chi connectivity index (χ1v) is 8.33. The summed E-state index contributed by atoms with van der Waals surface area (Å²) in [6.45, 7) is 8.48. The summed E-state index contributed by atoms with van der Waals surface area (Å²) in [6, 6.07) is 0.656. The third-order valence-electron chi connectivity index (χ3n) is 4.33. The van der Waals surface area contributed by atoms with E-state index >= 15 is 0 Å². The van der Waals surface area contributed by atoms with Gasteiger partial charge in [-0.3, -0.25) is 0 Å². The molecule has 2 bridgehead atoms. The molecule has 0 aromatic heterocycles. The van der Waals surface area contributed by atoms with E-state index in [1.807, 2.05) is 25.7 Å². The maximum atomic E-state index is 12.4. The van der Waals surface area contributed by atoms with Gasteiger partial charge < -0.3 is 24.8 Å². The third kappa shape index (κ3) is 4.57. The minimum atomic E-state index is -0.434. The molecule has 0 aromatic rings. The monoisotopic (exact) mass is 314 g/mol. The molecule has 2 heterocycles. The smallest absolute Gasteiger partial charge is 0.410 e. The lowest BCUT2D eigenvalue weighted by Gasteiger charge is -2.28. The highest BCUT2D eigenvalue weighted by Gasteiger charge is 2.49. The molecule has 0 aromatic carbocycles. The lowest BCUT2D eigenvalue weighted by Crippen LogP contribution is -2.41. The number of hydrogen-bond acceptors (Lipinski definition) is 5. The van der Waals surface area contributed by atoms with Crippen LogP contribution in [0, 0.1) is 5.92 Å². The summed E-state index contributed by atoms with van der Waals surface area (Å²) in [4.78, 5) is 14.3. The lowest BCUT2D eigenvalue weighted by atomic mass is 9.89. The maximum Gasteiger partial charge on any atom is 0.410 e. The van der Waals surface area contributed by atoms with Gasteiger partial charge >= 0.3 is 6.09 Å². The van der Waals surface area contributed by atoms with E-state index in [0.29, 0.717) is 31.2 Å². The molecular weight excluding hydrogens is 284 g/mol. The van der Waals surface area contributed by atoms with Crippen LogP contribution in [-0.2, 0) is 9.47 Å². The largest absolute Gasteiger partial charge is 0.444 e. The van der Waals surface area contributed by atoms with Gasteiger partial charge in [0.1, 0.15) is 5.60 Å². The molecule has 22 heavy (non-hydrogen) atoms. The van der Waals surface area contributed by atoms with Crippen molar-refractivity contribution in [2.24, 2.45) is 5.92 Å². The highest BCUT2D eigenvalue weighted by molar-refractivity contribution is 5.70. The summed E-state index contributed by atoms with van der Waals surface area (Å²) in [5.74, 6) is 0.504. The molecule has 6 nitrogen and oxygen atoms in total. The molecule has 3 unspecified atom stereocenters. The number of nitrogens with one attached hydrogen (secondary N) is 1. The molecular formula is C16H30N2O4. The molecule has 2 fully saturated rings. The molecule has 2 rings (SSSR count). The minimum Gasteiger partial charge on any atom is -0.444 e. The Morgan fingerprint density at radius 1 is 1.32 bits per heavy atom. The Morgan fingerprint density at radius 2 is 2.09 bits per heavy atom. The summed E-state index contributed by atoms with van der Waals surface area (Å²) in [6.07, 6.45) is 3.08. The number of aliphatic hydroxyl groups excluding tert-OH is 1. The van der Waals surface area contributed by atoms with Crippen LogP contribution in [0.15, 0.2) is 0 Å². The van der Waals surface area contributed by atoms with Gasteiger partial charge in [-0.05, 0) is 46.0 Å². The first-order valence-electron chi connectivity index (χ1n) is 8.33. The van der Waals surface area contributed by atoms with E-state index < -0.39 is 5.60 Å². The van der Waals surface area contributed by atoms with Crippen LogP contribution in [0.2, 0.25) is 0 Å². The molecule has 2 N–H and O–H groups in total. The Labute approximate surface area is 133 Å². The molecule has 2 saturated heterocycles. The third-order valence-corrected chi connectivity index (χ3v) is 4.33. The average Bonchev–Trinajstić information content (AvgIpc) is 2.98. The molecule has 0 aliphatic carbocycles. The van der Waals surface area contributed by atoms with Gasteiger partial charge in [0.2, 0.25) is 0 Å². The van der Waals surface area contributed by atoms with Gasteiger partial charge in [-0.15, -0.1) is 0 Å². The normalized spacial score (nSPS) is 27.5. The second-order valence-electron chi connectivity index (χ2n) is 7.22. The van der Waals surface area contributed by atoms with Crippen molar-refractivity contribution in [1.82, 2.24) is 10.2 Å². The summed E-state index contributed by atoms with van der Waals surface area (Å²) < 4.78 is 10.8. The topological polar surface area (TPSA) is 71.0 Å².